The molecule has 2 N–H and O–H groups in total. The van der Waals surface area contributed by atoms with E-state index in [1.54, 1.807) is 12.1 Å². The fourth-order valence-electron chi connectivity index (χ4n) is 2.38. The van der Waals surface area contributed by atoms with Gasteiger partial charge in [-0.3, -0.25) is 14.4 Å². The van der Waals surface area contributed by atoms with Crippen molar-refractivity contribution in [1.29, 1.82) is 0 Å². The summed E-state index contributed by atoms with van der Waals surface area (Å²) in [5.41, 5.74) is 6.88. The van der Waals surface area contributed by atoms with Crippen molar-refractivity contribution < 1.29 is 19.1 Å². The molecule has 1 aliphatic rings. The van der Waals surface area contributed by atoms with Crippen molar-refractivity contribution >= 4 is 40.4 Å². The molecule has 0 fully saturated rings. The van der Waals surface area contributed by atoms with Crippen molar-refractivity contribution in [2.75, 3.05) is 7.11 Å². The van der Waals surface area contributed by atoms with Crippen LogP contribution in [0.15, 0.2) is 18.2 Å². The number of esters is 1. The minimum atomic E-state index is -0.806. The fourth-order valence-corrected chi connectivity index (χ4v) is 3.05. The van der Waals surface area contributed by atoms with Gasteiger partial charge in [-0.25, -0.2) is 0 Å². The van der Waals surface area contributed by atoms with Crippen LogP contribution in [0, 0.1) is 3.57 Å². The summed E-state index contributed by atoms with van der Waals surface area (Å²) in [5.74, 6) is -1.27. The molecule has 0 unspecified atom stereocenters. The Hall–Kier alpha value is -1.64. The number of carbonyl (C=O) groups excluding carboxylic acids is 3. The van der Waals surface area contributed by atoms with Crippen molar-refractivity contribution in [2.24, 2.45) is 5.73 Å². The molecule has 0 saturated heterocycles. The van der Waals surface area contributed by atoms with E-state index in [-0.39, 0.29) is 18.7 Å². The van der Waals surface area contributed by atoms with Crippen LogP contribution in [-0.2, 0) is 20.9 Å². The first kappa shape index (κ1) is 15.7. The van der Waals surface area contributed by atoms with E-state index in [0.717, 1.165) is 9.13 Å². The molecule has 0 radical (unpaired) electrons. The molecule has 0 saturated carbocycles. The van der Waals surface area contributed by atoms with E-state index in [4.69, 9.17) is 5.73 Å². The lowest BCUT2D eigenvalue weighted by Gasteiger charge is -2.24. The first-order valence-corrected chi connectivity index (χ1v) is 7.48. The third-order valence-electron chi connectivity index (χ3n) is 3.49. The van der Waals surface area contributed by atoms with E-state index in [9.17, 15) is 14.4 Å². The Bertz CT molecular complexity index is 603. The van der Waals surface area contributed by atoms with Gasteiger partial charge in [0.1, 0.15) is 6.04 Å². The first-order chi connectivity index (χ1) is 9.95. The van der Waals surface area contributed by atoms with Crippen LogP contribution in [0.5, 0.6) is 0 Å². The van der Waals surface area contributed by atoms with Gasteiger partial charge in [0.15, 0.2) is 0 Å². The quantitative estimate of drug-likeness (QED) is 0.589. The summed E-state index contributed by atoms with van der Waals surface area (Å²) in [4.78, 5) is 36.7. The predicted octanol–water partition coefficient (Wildman–Crippen LogP) is 1.05. The molecule has 2 amide bonds. The fraction of sp³-hybridized carbons (Fsp3) is 0.357. The standard InChI is InChI=1S/C14H15IN2O4/c1-21-12(18)6-5-11(13(16)19)17-7-9-8(14(17)20)3-2-4-10(9)15/h2-4,11H,5-7H2,1H3,(H2,16,19)/t11-/m0/s1. The summed E-state index contributed by atoms with van der Waals surface area (Å²) < 4.78 is 5.52. The third-order valence-corrected chi connectivity index (χ3v) is 4.50. The second-order valence-corrected chi connectivity index (χ2v) is 5.89. The summed E-state index contributed by atoms with van der Waals surface area (Å²) in [7, 11) is 1.28. The molecule has 112 valence electrons. The second-order valence-electron chi connectivity index (χ2n) is 4.73. The SMILES string of the molecule is COC(=O)CC[C@@H](C(N)=O)N1Cc2c(I)cccc2C1=O. The van der Waals surface area contributed by atoms with Gasteiger partial charge in [-0.2, -0.15) is 0 Å². The molecule has 0 aliphatic carbocycles. The van der Waals surface area contributed by atoms with Crippen LogP contribution in [0.1, 0.15) is 28.8 Å². The summed E-state index contributed by atoms with van der Waals surface area (Å²) >= 11 is 2.16. The van der Waals surface area contributed by atoms with Crippen LogP contribution in [-0.4, -0.2) is 35.8 Å². The van der Waals surface area contributed by atoms with E-state index in [2.05, 4.69) is 27.3 Å². The molecule has 7 heteroatoms. The van der Waals surface area contributed by atoms with E-state index in [1.807, 2.05) is 6.07 Å². The smallest absolute Gasteiger partial charge is 0.305 e. The highest BCUT2D eigenvalue weighted by atomic mass is 127. The van der Waals surface area contributed by atoms with Gasteiger partial charge in [-0.05, 0) is 46.7 Å². The van der Waals surface area contributed by atoms with Gasteiger partial charge in [0.2, 0.25) is 5.91 Å². The number of hydrogen-bond acceptors (Lipinski definition) is 4. The van der Waals surface area contributed by atoms with Gasteiger partial charge in [0.05, 0.1) is 7.11 Å². The van der Waals surface area contributed by atoms with Crippen molar-refractivity contribution in [3.05, 3.63) is 32.9 Å². The van der Waals surface area contributed by atoms with E-state index in [0.29, 0.717) is 12.1 Å². The van der Waals surface area contributed by atoms with E-state index < -0.39 is 17.9 Å². The van der Waals surface area contributed by atoms with Crippen LogP contribution < -0.4 is 5.73 Å². The highest BCUT2D eigenvalue weighted by Crippen LogP contribution is 2.29. The Balaban J connectivity index is 2.20. The van der Waals surface area contributed by atoms with Gasteiger partial charge in [0.25, 0.3) is 5.91 Å². The van der Waals surface area contributed by atoms with Crippen molar-refractivity contribution in [3.8, 4) is 0 Å². The van der Waals surface area contributed by atoms with Gasteiger partial charge in [0, 0.05) is 22.1 Å². The van der Waals surface area contributed by atoms with E-state index >= 15 is 0 Å². The third kappa shape index (κ3) is 3.17. The average Bonchev–Trinajstić information content (AvgIpc) is 2.78. The number of methoxy groups -OCH3 is 1. The molecule has 6 nitrogen and oxygen atoms in total. The molecule has 21 heavy (non-hydrogen) atoms. The number of nitrogens with two attached hydrogens (primary N) is 1. The zero-order chi connectivity index (χ0) is 15.6. The lowest BCUT2D eigenvalue weighted by molar-refractivity contribution is -0.141. The zero-order valence-corrected chi connectivity index (χ0v) is 13.6. The molecule has 0 bridgehead atoms. The number of primary amides is 1. The van der Waals surface area contributed by atoms with Crippen molar-refractivity contribution in [3.63, 3.8) is 0 Å². The van der Waals surface area contributed by atoms with Crippen molar-refractivity contribution in [2.45, 2.75) is 25.4 Å². The van der Waals surface area contributed by atoms with Crippen molar-refractivity contribution in [1.82, 2.24) is 4.90 Å². The Morgan fingerprint density at radius 3 is 2.76 bits per heavy atom. The molecule has 0 aromatic heterocycles. The van der Waals surface area contributed by atoms with Crippen LogP contribution in [0.4, 0.5) is 0 Å². The average molecular weight is 402 g/mol. The number of benzene rings is 1. The Labute approximate surface area is 135 Å². The summed E-state index contributed by atoms with van der Waals surface area (Å²) in [6, 6.07) is 4.64. The molecule has 2 rings (SSSR count). The Morgan fingerprint density at radius 2 is 2.19 bits per heavy atom. The normalized spacial score (nSPS) is 14.8. The summed E-state index contributed by atoms with van der Waals surface area (Å²) in [6.07, 6.45) is 0.208. The molecule has 1 heterocycles. The predicted molar refractivity (Wildman–Crippen MR) is 83.3 cm³/mol. The number of halogens is 1. The minimum absolute atomic E-state index is 0.0430. The number of carbonyl (C=O) groups is 3. The maximum atomic E-state index is 12.4. The first-order valence-electron chi connectivity index (χ1n) is 6.40. The largest absolute Gasteiger partial charge is 0.469 e. The number of ether oxygens (including phenoxy) is 1. The maximum absolute atomic E-state index is 12.4. The molecule has 0 spiro atoms. The van der Waals surface area contributed by atoms with Crippen LogP contribution in [0.2, 0.25) is 0 Å². The van der Waals surface area contributed by atoms with Crippen LogP contribution in [0.25, 0.3) is 0 Å². The number of nitrogens with zero attached hydrogens (tertiary/aromatic N) is 1. The minimum Gasteiger partial charge on any atom is -0.469 e. The van der Waals surface area contributed by atoms with Crippen LogP contribution in [0.3, 0.4) is 0 Å². The van der Waals surface area contributed by atoms with Gasteiger partial charge in [-0.1, -0.05) is 6.07 Å². The lowest BCUT2D eigenvalue weighted by Crippen LogP contribution is -2.45. The Kier molecular flexibility index (Phi) is 4.81. The zero-order valence-electron chi connectivity index (χ0n) is 11.5. The molecule has 1 atom stereocenters. The molecule has 1 aromatic carbocycles. The molecular formula is C14H15IN2O4. The highest BCUT2D eigenvalue weighted by Gasteiger charge is 2.36. The molecule has 1 aromatic rings. The van der Waals surface area contributed by atoms with Gasteiger partial charge >= 0.3 is 5.97 Å². The van der Waals surface area contributed by atoms with Gasteiger partial charge < -0.3 is 15.4 Å². The van der Waals surface area contributed by atoms with E-state index in [1.165, 1.54) is 12.0 Å². The van der Waals surface area contributed by atoms with Crippen LogP contribution >= 0.6 is 22.6 Å². The van der Waals surface area contributed by atoms with Gasteiger partial charge in [-0.15, -0.1) is 0 Å². The number of rotatable bonds is 5. The second kappa shape index (κ2) is 6.42. The summed E-state index contributed by atoms with van der Waals surface area (Å²) in [5, 5.41) is 0. The number of hydrogen-bond donors (Lipinski definition) is 1. The number of amides is 2. The molecular weight excluding hydrogens is 387 g/mol. The highest BCUT2D eigenvalue weighted by molar-refractivity contribution is 14.1. The molecule has 1 aliphatic heterocycles. The lowest BCUT2D eigenvalue weighted by atomic mass is 10.1. The number of fused-ring (bicyclic) bond motifs is 1. The monoisotopic (exact) mass is 402 g/mol. The Morgan fingerprint density at radius 1 is 1.48 bits per heavy atom. The topological polar surface area (TPSA) is 89.7 Å². The summed E-state index contributed by atoms with van der Waals surface area (Å²) in [6.45, 7) is 0.335. The maximum Gasteiger partial charge on any atom is 0.305 e.